The number of nitrogens with zero attached hydrogens (tertiary/aromatic N) is 1. The Morgan fingerprint density at radius 1 is 1.03 bits per heavy atom. The summed E-state index contributed by atoms with van der Waals surface area (Å²) in [5.74, 6) is -0.00168. The SMILES string of the molecule is CCc1ccc([C@@H](C)NC(=O)[C@H]2CN(S(=O)(=O)c3ccccc3)c3ccccc3O2)cc1. The highest BCUT2D eigenvalue weighted by molar-refractivity contribution is 7.92. The number of benzene rings is 3. The molecule has 4 rings (SSSR count). The molecule has 1 aliphatic heterocycles. The van der Waals surface area contributed by atoms with Gasteiger partial charge in [-0.2, -0.15) is 0 Å². The molecule has 2 atom stereocenters. The first-order valence-electron chi connectivity index (χ1n) is 10.6. The molecule has 0 radical (unpaired) electrons. The molecule has 0 aliphatic carbocycles. The Kier molecular flexibility index (Phi) is 6.19. The van der Waals surface area contributed by atoms with Gasteiger partial charge < -0.3 is 10.1 Å². The van der Waals surface area contributed by atoms with Gasteiger partial charge in [0.25, 0.3) is 15.9 Å². The van der Waals surface area contributed by atoms with E-state index >= 15 is 0 Å². The molecule has 1 amide bonds. The molecule has 0 unspecified atom stereocenters. The average Bonchev–Trinajstić information content (AvgIpc) is 2.83. The van der Waals surface area contributed by atoms with Crippen LogP contribution >= 0.6 is 0 Å². The number of para-hydroxylation sites is 2. The quantitative estimate of drug-likeness (QED) is 0.614. The summed E-state index contributed by atoms with van der Waals surface area (Å²) in [6.45, 7) is 3.88. The van der Waals surface area contributed by atoms with Crippen molar-refractivity contribution in [3.05, 3.63) is 90.0 Å². The standard InChI is InChI=1S/C25H26N2O4S/c1-3-19-13-15-20(16-14-19)18(2)26-25(28)24-17-27(22-11-7-8-12-23(22)31-24)32(29,30)21-9-5-4-6-10-21/h4-16,18,24H,3,17H2,1-2H3,(H,26,28)/t18-,24-/m1/s1. The number of ether oxygens (including phenoxy) is 1. The van der Waals surface area contributed by atoms with Gasteiger partial charge >= 0.3 is 0 Å². The fraction of sp³-hybridized carbons (Fsp3) is 0.240. The fourth-order valence-electron chi connectivity index (χ4n) is 3.72. The molecule has 7 heteroatoms. The van der Waals surface area contributed by atoms with Crippen molar-refractivity contribution in [3.8, 4) is 5.75 Å². The highest BCUT2D eigenvalue weighted by atomic mass is 32.2. The Balaban J connectivity index is 1.58. The number of amides is 1. The van der Waals surface area contributed by atoms with Crippen molar-refractivity contribution in [1.82, 2.24) is 5.32 Å². The van der Waals surface area contributed by atoms with Gasteiger partial charge in [-0.25, -0.2) is 8.42 Å². The van der Waals surface area contributed by atoms with Gasteiger partial charge in [0, 0.05) is 0 Å². The van der Waals surface area contributed by atoms with Crippen LogP contribution in [0.4, 0.5) is 5.69 Å². The van der Waals surface area contributed by atoms with Crippen molar-refractivity contribution in [2.24, 2.45) is 0 Å². The average molecular weight is 451 g/mol. The minimum atomic E-state index is -3.86. The number of nitrogens with one attached hydrogen (secondary N) is 1. The zero-order valence-corrected chi connectivity index (χ0v) is 18.9. The summed E-state index contributed by atoms with van der Waals surface area (Å²) in [6, 6.07) is 22.9. The van der Waals surface area contributed by atoms with Crippen molar-refractivity contribution in [2.75, 3.05) is 10.8 Å². The molecular formula is C25H26N2O4S. The van der Waals surface area contributed by atoms with E-state index in [0.29, 0.717) is 11.4 Å². The number of hydrogen-bond acceptors (Lipinski definition) is 4. The molecule has 0 saturated heterocycles. The van der Waals surface area contributed by atoms with Crippen LogP contribution in [0.25, 0.3) is 0 Å². The first-order valence-corrected chi connectivity index (χ1v) is 12.1. The summed E-state index contributed by atoms with van der Waals surface area (Å²) in [7, 11) is -3.86. The number of sulfonamides is 1. The molecule has 0 saturated carbocycles. The van der Waals surface area contributed by atoms with Crippen LogP contribution in [0.1, 0.15) is 31.0 Å². The number of aryl methyl sites for hydroxylation is 1. The summed E-state index contributed by atoms with van der Waals surface area (Å²) in [6.07, 6.45) is -0.0250. The molecule has 3 aromatic rings. The smallest absolute Gasteiger partial charge is 0.264 e. The normalized spacial score (nSPS) is 16.6. The van der Waals surface area contributed by atoms with Crippen LogP contribution < -0.4 is 14.4 Å². The number of hydrogen-bond donors (Lipinski definition) is 1. The van der Waals surface area contributed by atoms with Crippen LogP contribution in [-0.4, -0.2) is 27.0 Å². The lowest BCUT2D eigenvalue weighted by Crippen LogP contribution is -2.51. The summed E-state index contributed by atoms with van der Waals surface area (Å²) in [5, 5.41) is 2.96. The maximum absolute atomic E-state index is 13.4. The van der Waals surface area contributed by atoms with Gasteiger partial charge in [-0.15, -0.1) is 0 Å². The van der Waals surface area contributed by atoms with Crippen molar-refractivity contribution in [3.63, 3.8) is 0 Å². The van der Waals surface area contributed by atoms with Crippen molar-refractivity contribution in [1.29, 1.82) is 0 Å². The van der Waals surface area contributed by atoms with Crippen LogP contribution in [-0.2, 0) is 21.2 Å². The Morgan fingerprint density at radius 2 is 1.69 bits per heavy atom. The number of fused-ring (bicyclic) bond motifs is 1. The zero-order chi connectivity index (χ0) is 22.7. The second-order valence-corrected chi connectivity index (χ2v) is 9.61. The third-order valence-electron chi connectivity index (χ3n) is 5.61. The largest absolute Gasteiger partial charge is 0.476 e. The molecular weight excluding hydrogens is 424 g/mol. The summed E-state index contributed by atoms with van der Waals surface area (Å²) < 4.78 is 33.9. The van der Waals surface area contributed by atoms with E-state index in [-0.39, 0.29) is 23.4 Å². The van der Waals surface area contributed by atoms with E-state index in [2.05, 4.69) is 12.2 Å². The van der Waals surface area contributed by atoms with Crippen LogP contribution in [0.15, 0.2) is 83.8 Å². The van der Waals surface area contributed by atoms with Gasteiger partial charge in [-0.1, -0.05) is 61.5 Å². The number of rotatable bonds is 6. The van der Waals surface area contributed by atoms with Crippen LogP contribution in [0.5, 0.6) is 5.75 Å². The molecule has 1 aliphatic rings. The molecule has 3 aromatic carbocycles. The Morgan fingerprint density at radius 3 is 2.38 bits per heavy atom. The molecule has 1 N–H and O–H groups in total. The minimum Gasteiger partial charge on any atom is -0.476 e. The van der Waals surface area contributed by atoms with E-state index in [1.165, 1.54) is 9.87 Å². The monoisotopic (exact) mass is 450 g/mol. The topological polar surface area (TPSA) is 75.7 Å². The van der Waals surface area contributed by atoms with E-state index in [0.717, 1.165) is 12.0 Å². The Hall–Kier alpha value is -3.32. The maximum Gasteiger partial charge on any atom is 0.264 e. The highest BCUT2D eigenvalue weighted by Gasteiger charge is 2.37. The van der Waals surface area contributed by atoms with E-state index in [9.17, 15) is 13.2 Å². The molecule has 32 heavy (non-hydrogen) atoms. The third-order valence-corrected chi connectivity index (χ3v) is 7.40. The van der Waals surface area contributed by atoms with Gasteiger partial charge in [0.15, 0.2) is 6.10 Å². The second-order valence-electron chi connectivity index (χ2n) is 7.75. The van der Waals surface area contributed by atoms with E-state index < -0.39 is 16.1 Å². The molecule has 0 bridgehead atoms. The van der Waals surface area contributed by atoms with Crippen molar-refractivity contribution >= 4 is 21.6 Å². The molecule has 6 nitrogen and oxygen atoms in total. The van der Waals surface area contributed by atoms with Crippen LogP contribution in [0.2, 0.25) is 0 Å². The Labute approximate surface area is 188 Å². The molecule has 0 spiro atoms. The predicted octanol–water partition coefficient (Wildman–Crippen LogP) is 4.08. The highest BCUT2D eigenvalue weighted by Crippen LogP contribution is 2.36. The molecule has 1 heterocycles. The van der Waals surface area contributed by atoms with Crippen molar-refractivity contribution < 1.29 is 17.9 Å². The van der Waals surface area contributed by atoms with Gasteiger partial charge in [0.1, 0.15) is 5.75 Å². The number of carbonyl (C=O) groups is 1. The summed E-state index contributed by atoms with van der Waals surface area (Å²) in [4.78, 5) is 13.2. The lowest BCUT2D eigenvalue weighted by atomic mass is 10.0. The number of anilines is 1. The van der Waals surface area contributed by atoms with Gasteiger partial charge in [0.05, 0.1) is 23.2 Å². The lowest BCUT2D eigenvalue weighted by molar-refractivity contribution is -0.128. The van der Waals surface area contributed by atoms with E-state index in [1.807, 2.05) is 31.2 Å². The molecule has 166 valence electrons. The predicted molar refractivity (Wildman–Crippen MR) is 124 cm³/mol. The number of carbonyl (C=O) groups excluding carboxylic acids is 1. The molecule has 0 aromatic heterocycles. The second kappa shape index (κ2) is 9.04. The third kappa shape index (κ3) is 4.34. The van der Waals surface area contributed by atoms with Gasteiger partial charge in [0.2, 0.25) is 0 Å². The van der Waals surface area contributed by atoms with E-state index in [1.54, 1.807) is 54.6 Å². The fourth-order valence-corrected chi connectivity index (χ4v) is 5.21. The minimum absolute atomic E-state index is 0.110. The van der Waals surface area contributed by atoms with Crippen LogP contribution in [0.3, 0.4) is 0 Å². The van der Waals surface area contributed by atoms with Gasteiger partial charge in [-0.05, 0) is 48.7 Å². The summed E-state index contributed by atoms with van der Waals surface area (Å²) >= 11 is 0. The lowest BCUT2D eigenvalue weighted by Gasteiger charge is -2.35. The van der Waals surface area contributed by atoms with Crippen molar-refractivity contribution in [2.45, 2.75) is 37.3 Å². The van der Waals surface area contributed by atoms with Gasteiger partial charge in [-0.3, -0.25) is 9.10 Å². The molecule has 0 fully saturated rings. The maximum atomic E-state index is 13.4. The Bertz CT molecular complexity index is 1190. The first-order chi connectivity index (χ1) is 15.4. The van der Waals surface area contributed by atoms with E-state index in [4.69, 9.17) is 4.74 Å². The zero-order valence-electron chi connectivity index (χ0n) is 18.1. The first kappa shape index (κ1) is 21.9. The van der Waals surface area contributed by atoms with Crippen LogP contribution in [0, 0.1) is 0 Å². The summed E-state index contributed by atoms with van der Waals surface area (Å²) in [5.41, 5.74) is 2.62.